The third-order valence-corrected chi connectivity index (χ3v) is 1.52. The summed E-state index contributed by atoms with van der Waals surface area (Å²) in [5, 5.41) is 6.49. The van der Waals surface area contributed by atoms with Crippen LogP contribution in [0.25, 0.3) is 0 Å². The molecule has 4 nitrogen and oxygen atoms in total. The molecule has 0 unspecified atom stereocenters. The number of hydrogen-bond acceptors (Lipinski definition) is 3. The maximum atomic E-state index is 11.2. The largest absolute Gasteiger partial charge is 0.450 e. The molecular weight excluding hydrogens is 192 g/mol. The summed E-state index contributed by atoms with van der Waals surface area (Å²) < 4.78 is 5.03. The van der Waals surface area contributed by atoms with Gasteiger partial charge in [-0.3, -0.25) is 5.10 Å². The van der Waals surface area contributed by atoms with Gasteiger partial charge in [0.15, 0.2) is 0 Å². The Morgan fingerprint density at radius 3 is 2.67 bits per heavy atom. The molecule has 0 saturated heterocycles. The quantitative estimate of drug-likeness (QED) is 0.516. The topological polar surface area (TPSA) is 55.0 Å². The molecule has 15 heavy (non-hydrogen) atoms. The summed E-state index contributed by atoms with van der Waals surface area (Å²) in [7, 11) is 0. The van der Waals surface area contributed by atoms with E-state index in [1.54, 1.807) is 27.0 Å². The van der Waals surface area contributed by atoms with Crippen molar-refractivity contribution in [2.24, 2.45) is 0 Å². The lowest BCUT2D eigenvalue weighted by Gasteiger charge is -2.16. The molecule has 0 spiro atoms. The number of H-pyrrole nitrogens is 1. The number of hydrogen-bond donors (Lipinski definition) is 1. The molecule has 0 bridgehead atoms. The van der Waals surface area contributed by atoms with E-state index in [1.807, 2.05) is 6.92 Å². The number of nitrogens with one attached hydrogen (secondary N) is 1. The second kappa shape index (κ2) is 4.18. The maximum absolute atomic E-state index is 11.2. The second-order valence-electron chi connectivity index (χ2n) is 4.18. The molecule has 0 aliphatic rings. The standard InChI is InChI=1S/C11H14N2O2/c1-8-7-12-13-9(8)5-6-10(14)15-11(2,3)4/h7H,1-4H3,(H,12,13). The minimum atomic E-state index is -0.531. The minimum Gasteiger partial charge on any atom is -0.450 e. The van der Waals surface area contributed by atoms with Crippen molar-refractivity contribution in [3.63, 3.8) is 0 Å². The Morgan fingerprint density at radius 2 is 2.20 bits per heavy atom. The molecule has 0 atom stereocenters. The third-order valence-electron chi connectivity index (χ3n) is 1.52. The Balaban J connectivity index is 2.67. The van der Waals surface area contributed by atoms with E-state index in [1.165, 1.54) is 0 Å². The van der Waals surface area contributed by atoms with Gasteiger partial charge in [-0.05, 0) is 33.6 Å². The molecular formula is C11H14N2O2. The van der Waals surface area contributed by atoms with Crippen LogP contribution >= 0.6 is 0 Å². The Hall–Kier alpha value is -1.76. The van der Waals surface area contributed by atoms with Crippen molar-refractivity contribution < 1.29 is 9.53 Å². The zero-order valence-corrected chi connectivity index (χ0v) is 9.34. The molecule has 0 aliphatic heterocycles. The lowest BCUT2D eigenvalue weighted by molar-refractivity contribution is -0.147. The molecule has 1 heterocycles. The molecule has 0 fully saturated rings. The molecule has 80 valence electrons. The SMILES string of the molecule is Cc1cn[nH]c1C#CC(=O)OC(C)(C)C. The molecule has 4 heteroatoms. The molecule has 0 saturated carbocycles. The number of nitrogens with zero attached hydrogens (tertiary/aromatic N) is 1. The molecule has 0 aliphatic carbocycles. The summed E-state index contributed by atoms with van der Waals surface area (Å²) >= 11 is 0. The fourth-order valence-electron chi connectivity index (χ4n) is 0.890. The van der Waals surface area contributed by atoms with E-state index in [2.05, 4.69) is 22.0 Å². The number of carbonyl (C=O) groups is 1. The number of carbonyl (C=O) groups excluding carboxylic acids is 1. The lowest BCUT2D eigenvalue weighted by atomic mass is 10.2. The van der Waals surface area contributed by atoms with Crippen LogP contribution in [0.4, 0.5) is 0 Å². The van der Waals surface area contributed by atoms with Gasteiger partial charge in [0, 0.05) is 11.5 Å². The monoisotopic (exact) mass is 206 g/mol. The molecule has 1 N–H and O–H groups in total. The first kappa shape index (κ1) is 11.3. The van der Waals surface area contributed by atoms with Crippen LogP contribution in [-0.4, -0.2) is 21.8 Å². The normalized spacial score (nSPS) is 10.4. The van der Waals surface area contributed by atoms with E-state index in [9.17, 15) is 4.79 Å². The molecule has 1 aromatic rings. The third kappa shape index (κ3) is 3.86. The Morgan fingerprint density at radius 1 is 1.53 bits per heavy atom. The smallest absolute Gasteiger partial charge is 0.385 e. The van der Waals surface area contributed by atoms with Gasteiger partial charge in [-0.25, -0.2) is 4.79 Å². The van der Waals surface area contributed by atoms with Crippen molar-refractivity contribution >= 4 is 5.97 Å². The van der Waals surface area contributed by atoms with Crippen LogP contribution in [0.2, 0.25) is 0 Å². The number of aromatic amines is 1. The molecule has 0 aromatic carbocycles. The fraction of sp³-hybridized carbons (Fsp3) is 0.455. The van der Waals surface area contributed by atoms with E-state index >= 15 is 0 Å². The summed E-state index contributed by atoms with van der Waals surface area (Å²) in [4.78, 5) is 11.2. The highest BCUT2D eigenvalue weighted by atomic mass is 16.6. The number of aromatic nitrogens is 2. The summed E-state index contributed by atoms with van der Waals surface area (Å²) in [6.45, 7) is 7.26. The summed E-state index contributed by atoms with van der Waals surface area (Å²) in [5.74, 6) is 4.54. The van der Waals surface area contributed by atoms with E-state index < -0.39 is 11.6 Å². The lowest BCUT2D eigenvalue weighted by Crippen LogP contribution is -2.22. The number of ether oxygens (including phenoxy) is 1. The zero-order chi connectivity index (χ0) is 11.5. The van der Waals surface area contributed by atoms with Gasteiger partial charge < -0.3 is 4.74 Å². The van der Waals surface area contributed by atoms with Crippen LogP contribution in [0.3, 0.4) is 0 Å². The van der Waals surface area contributed by atoms with Crippen LogP contribution in [0.1, 0.15) is 32.0 Å². The predicted molar refractivity (Wildman–Crippen MR) is 56.0 cm³/mol. The Bertz CT molecular complexity index is 416. The van der Waals surface area contributed by atoms with Crippen LogP contribution in [0.15, 0.2) is 6.20 Å². The molecule has 1 rings (SSSR count). The van der Waals surface area contributed by atoms with Crippen LogP contribution in [0, 0.1) is 18.8 Å². The van der Waals surface area contributed by atoms with E-state index in [0.29, 0.717) is 5.69 Å². The summed E-state index contributed by atoms with van der Waals surface area (Å²) in [6.07, 6.45) is 1.65. The van der Waals surface area contributed by atoms with E-state index in [4.69, 9.17) is 4.74 Å². The van der Waals surface area contributed by atoms with Crippen molar-refractivity contribution in [1.82, 2.24) is 10.2 Å². The van der Waals surface area contributed by atoms with Crippen molar-refractivity contribution in [1.29, 1.82) is 0 Å². The van der Waals surface area contributed by atoms with Crippen molar-refractivity contribution in [3.8, 4) is 11.8 Å². The first-order valence-corrected chi connectivity index (χ1v) is 4.63. The second-order valence-corrected chi connectivity index (χ2v) is 4.18. The summed E-state index contributed by atoms with van der Waals surface area (Å²) in [6, 6.07) is 0. The van der Waals surface area contributed by atoms with Gasteiger partial charge >= 0.3 is 5.97 Å². The predicted octanol–water partition coefficient (Wildman–Crippen LogP) is 1.41. The van der Waals surface area contributed by atoms with Gasteiger partial charge in [0.1, 0.15) is 11.3 Å². The zero-order valence-electron chi connectivity index (χ0n) is 9.34. The van der Waals surface area contributed by atoms with Crippen molar-refractivity contribution in [3.05, 3.63) is 17.5 Å². The number of rotatable bonds is 0. The molecule has 0 radical (unpaired) electrons. The summed E-state index contributed by atoms with van der Waals surface area (Å²) in [5.41, 5.74) is 1.04. The van der Waals surface area contributed by atoms with Crippen LogP contribution < -0.4 is 0 Å². The number of aryl methyl sites for hydroxylation is 1. The van der Waals surface area contributed by atoms with E-state index in [-0.39, 0.29) is 0 Å². The van der Waals surface area contributed by atoms with Crippen LogP contribution in [-0.2, 0) is 9.53 Å². The van der Waals surface area contributed by atoms with Gasteiger partial charge in [-0.2, -0.15) is 5.10 Å². The first-order valence-electron chi connectivity index (χ1n) is 4.63. The highest BCUT2D eigenvalue weighted by Gasteiger charge is 2.14. The Labute approximate surface area is 89.0 Å². The van der Waals surface area contributed by atoms with Gasteiger partial charge in [-0.1, -0.05) is 0 Å². The van der Waals surface area contributed by atoms with Gasteiger partial charge in [0.25, 0.3) is 0 Å². The van der Waals surface area contributed by atoms with Crippen molar-refractivity contribution in [2.45, 2.75) is 33.3 Å². The molecule has 0 amide bonds. The minimum absolute atomic E-state index is 0.505. The first-order chi connectivity index (χ1) is 6.88. The fourth-order valence-corrected chi connectivity index (χ4v) is 0.890. The van der Waals surface area contributed by atoms with Gasteiger partial charge in [-0.15, -0.1) is 0 Å². The maximum Gasteiger partial charge on any atom is 0.385 e. The van der Waals surface area contributed by atoms with E-state index in [0.717, 1.165) is 5.56 Å². The van der Waals surface area contributed by atoms with Gasteiger partial charge in [0.2, 0.25) is 0 Å². The highest BCUT2D eigenvalue weighted by Crippen LogP contribution is 2.06. The molecule has 1 aromatic heterocycles. The Kier molecular flexibility index (Phi) is 3.15. The van der Waals surface area contributed by atoms with Gasteiger partial charge in [0.05, 0.1) is 6.20 Å². The van der Waals surface area contributed by atoms with Crippen molar-refractivity contribution in [2.75, 3.05) is 0 Å². The van der Waals surface area contributed by atoms with Crippen LogP contribution in [0.5, 0.6) is 0 Å². The highest BCUT2D eigenvalue weighted by molar-refractivity contribution is 5.89. The number of esters is 1. The average molecular weight is 206 g/mol. The average Bonchev–Trinajstić information content (AvgIpc) is 2.44.